The summed E-state index contributed by atoms with van der Waals surface area (Å²) in [4.78, 5) is 14.1. The molecule has 0 saturated carbocycles. The number of nitrogens with zero attached hydrogens (tertiary/aromatic N) is 1. The molecule has 0 radical (unpaired) electrons. The van der Waals surface area contributed by atoms with Gasteiger partial charge < -0.3 is 9.38 Å². The van der Waals surface area contributed by atoms with Gasteiger partial charge in [-0.25, -0.2) is 0 Å². The van der Waals surface area contributed by atoms with E-state index in [1.807, 2.05) is 0 Å². The summed E-state index contributed by atoms with van der Waals surface area (Å²) in [5, 5.41) is 0. The highest BCUT2D eigenvalue weighted by molar-refractivity contribution is 5.67. The van der Waals surface area contributed by atoms with Crippen LogP contribution in [0.3, 0.4) is 0 Å². The Morgan fingerprint density at radius 3 is 2.55 bits per heavy atom. The topological polar surface area (TPSA) is 37.3 Å². The lowest BCUT2D eigenvalue weighted by atomic mass is 10.0. The van der Waals surface area contributed by atoms with Gasteiger partial charge in [0.15, 0.2) is 0 Å². The Bertz CT molecular complexity index is 830. The van der Waals surface area contributed by atoms with Crippen molar-refractivity contribution in [1.82, 2.24) is 9.38 Å². The van der Waals surface area contributed by atoms with E-state index in [4.69, 9.17) is 0 Å². The van der Waals surface area contributed by atoms with Crippen LogP contribution >= 0.6 is 0 Å². The smallest absolute Gasteiger partial charge is 0.325 e. The average molecular weight is 278 g/mol. The van der Waals surface area contributed by atoms with Crippen molar-refractivity contribution in [2.75, 3.05) is 0 Å². The lowest BCUT2D eigenvalue weighted by Crippen LogP contribution is -2.12. The third-order valence-corrected chi connectivity index (χ3v) is 3.09. The van der Waals surface area contributed by atoms with Crippen LogP contribution in [0.4, 0.5) is 13.2 Å². The summed E-state index contributed by atoms with van der Waals surface area (Å²) in [6, 6.07) is 8.45. The van der Waals surface area contributed by atoms with Gasteiger partial charge in [0.05, 0.1) is 11.3 Å². The Hall–Kier alpha value is -2.50. The molecule has 0 aliphatic rings. The van der Waals surface area contributed by atoms with E-state index in [1.54, 1.807) is 18.3 Å². The van der Waals surface area contributed by atoms with Gasteiger partial charge >= 0.3 is 6.18 Å². The van der Waals surface area contributed by atoms with Crippen molar-refractivity contribution >= 4 is 5.52 Å². The quantitative estimate of drug-likeness (QED) is 0.728. The number of rotatable bonds is 1. The highest BCUT2D eigenvalue weighted by Crippen LogP contribution is 2.36. The van der Waals surface area contributed by atoms with Crippen LogP contribution in [0.25, 0.3) is 16.8 Å². The Morgan fingerprint density at radius 1 is 1.05 bits per heavy atom. The number of benzene rings is 1. The van der Waals surface area contributed by atoms with Crippen LogP contribution in [0.1, 0.15) is 5.56 Å². The van der Waals surface area contributed by atoms with E-state index in [9.17, 15) is 18.0 Å². The number of aromatic amines is 1. The summed E-state index contributed by atoms with van der Waals surface area (Å²) in [7, 11) is 0. The van der Waals surface area contributed by atoms with E-state index in [1.165, 1.54) is 28.8 Å². The molecule has 0 atom stereocenters. The molecule has 20 heavy (non-hydrogen) atoms. The molecule has 0 bridgehead atoms. The highest BCUT2D eigenvalue weighted by Gasteiger charge is 2.33. The predicted molar refractivity (Wildman–Crippen MR) is 68.5 cm³/mol. The number of hydrogen-bond donors (Lipinski definition) is 1. The van der Waals surface area contributed by atoms with Crippen molar-refractivity contribution < 1.29 is 13.2 Å². The standard InChI is InChI=1S/C14H9F3N2O/c15-14(16,17)10-5-2-1-4-9(10)12-8-18-13(20)11-6-3-7-19(11)12/h1-8H,(H,18,20). The zero-order valence-corrected chi connectivity index (χ0v) is 10.1. The van der Waals surface area contributed by atoms with Crippen LogP contribution in [-0.4, -0.2) is 9.38 Å². The fourth-order valence-electron chi connectivity index (χ4n) is 2.21. The van der Waals surface area contributed by atoms with Gasteiger partial charge in [-0.05, 0) is 18.2 Å². The number of hydrogen-bond acceptors (Lipinski definition) is 1. The number of alkyl halides is 3. The number of aromatic nitrogens is 2. The number of nitrogens with one attached hydrogen (secondary N) is 1. The first-order valence-corrected chi connectivity index (χ1v) is 5.84. The Balaban J connectivity index is 2.35. The maximum absolute atomic E-state index is 13.1. The summed E-state index contributed by atoms with van der Waals surface area (Å²) < 4.78 is 40.6. The molecule has 0 aliphatic heterocycles. The fraction of sp³-hybridized carbons (Fsp3) is 0.0714. The molecule has 3 aromatic rings. The largest absolute Gasteiger partial charge is 0.417 e. The molecule has 102 valence electrons. The number of halogens is 3. The van der Waals surface area contributed by atoms with Crippen LogP contribution in [0.2, 0.25) is 0 Å². The molecule has 0 saturated heterocycles. The molecule has 3 rings (SSSR count). The molecule has 3 nitrogen and oxygen atoms in total. The van der Waals surface area contributed by atoms with Crippen LogP contribution in [0, 0.1) is 0 Å². The molecule has 2 aromatic heterocycles. The monoisotopic (exact) mass is 278 g/mol. The highest BCUT2D eigenvalue weighted by atomic mass is 19.4. The Labute approximate surface area is 111 Å². The van der Waals surface area contributed by atoms with Crippen LogP contribution in [0.15, 0.2) is 53.6 Å². The van der Waals surface area contributed by atoms with Gasteiger partial charge in [0.1, 0.15) is 5.52 Å². The summed E-state index contributed by atoms with van der Waals surface area (Å²) in [5.41, 5.74) is -0.459. The van der Waals surface area contributed by atoms with Gasteiger partial charge in [0, 0.05) is 18.0 Å². The minimum atomic E-state index is -4.45. The molecule has 0 fully saturated rings. The molecule has 0 aliphatic carbocycles. The molecule has 0 spiro atoms. The third kappa shape index (κ3) is 1.89. The summed E-state index contributed by atoms with van der Waals surface area (Å²) in [6.07, 6.45) is -1.60. The fourth-order valence-corrected chi connectivity index (χ4v) is 2.21. The van der Waals surface area contributed by atoms with Gasteiger partial charge in [-0.2, -0.15) is 13.2 Å². The second-order valence-corrected chi connectivity index (χ2v) is 4.31. The molecule has 0 unspecified atom stereocenters. The van der Waals surface area contributed by atoms with E-state index >= 15 is 0 Å². The van der Waals surface area contributed by atoms with Crippen molar-refractivity contribution in [3.8, 4) is 11.3 Å². The van der Waals surface area contributed by atoms with Gasteiger partial charge in [-0.15, -0.1) is 0 Å². The molecular formula is C14H9F3N2O. The molecule has 1 N–H and O–H groups in total. The number of fused-ring (bicyclic) bond motifs is 1. The molecule has 1 aromatic carbocycles. The van der Waals surface area contributed by atoms with Crippen molar-refractivity contribution in [1.29, 1.82) is 0 Å². The molecule has 0 amide bonds. The maximum Gasteiger partial charge on any atom is 0.417 e. The third-order valence-electron chi connectivity index (χ3n) is 3.09. The number of H-pyrrole nitrogens is 1. The van der Waals surface area contributed by atoms with Gasteiger partial charge in [-0.3, -0.25) is 4.79 Å². The summed E-state index contributed by atoms with van der Waals surface area (Å²) in [6.45, 7) is 0. The van der Waals surface area contributed by atoms with E-state index in [-0.39, 0.29) is 16.8 Å². The van der Waals surface area contributed by atoms with E-state index in [0.717, 1.165) is 6.07 Å². The summed E-state index contributed by atoms with van der Waals surface area (Å²) >= 11 is 0. The zero-order chi connectivity index (χ0) is 14.3. The van der Waals surface area contributed by atoms with Crippen LogP contribution < -0.4 is 5.56 Å². The second-order valence-electron chi connectivity index (χ2n) is 4.31. The average Bonchev–Trinajstić information content (AvgIpc) is 2.88. The Kier molecular flexibility index (Phi) is 2.67. The van der Waals surface area contributed by atoms with E-state index in [2.05, 4.69) is 4.98 Å². The van der Waals surface area contributed by atoms with Crippen molar-refractivity contribution in [2.24, 2.45) is 0 Å². The lowest BCUT2D eigenvalue weighted by Gasteiger charge is -2.13. The van der Waals surface area contributed by atoms with E-state index < -0.39 is 11.7 Å². The first-order chi connectivity index (χ1) is 9.48. The maximum atomic E-state index is 13.1. The predicted octanol–water partition coefficient (Wildman–Crippen LogP) is 3.31. The SMILES string of the molecule is O=c1[nH]cc(-c2ccccc2C(F)(F)F)n2cccc12. The van der Waals surface area contributed by atoms with Gasteiger partial charge in [-0.1, -0.05) is 18.2 Å². The van der Waals surface area contributed by atoms with Gasteiger partial charge in [0.25, 0.3) is 5.56 Å². The second kappa shape index (κ2) is 4.26. The van der Waals surface area contributed by atoms with Crippen molar-refractivity contribution in [2.45, 2.75) is 6.18 Å². The van der Waals surface area contributed by atoms with Crippen LogP contribution in [0.5, 0.6) is 0 Å². The minimum absolute atomic E-state index is 0.0254. The van der Waals surface area contributed by atoms with Crippen molar-refractivity contribution in [3.63, 3.8) is 0 Å². The van der Waals surface area contributed by atoms with Gasteiger partial charge in [0.2, 0.25) is 0 Å². The zero-order valence-electron chi connectivity index (χ0n) is 10.1. The van der Waals surface area contributed by atoms with Crippen LogP contribution in [-0.2, 0) is 6.18 Å². The molecular weight excluding hydrogens is 269 g/mol. The Morgan fingerprint density at radius 2 is 1.80 bits per heavy atom. The minimum Gasteiger partial charge on any atom is -0.325 e. The van der Waals surface area contributed by atoms with E-state index in [0.29, 0.717) is 5.52 Å². The normalized spacial score (nSPS) is 11.9. The first-order valence-electron chi connectivity index (χ1n) is 5.84. The van der Waals surface area contributed by atoms with Crippen molar-refractivity contribution in [3.05, 3.63) is 64.7 Å². The molecule has 6 heteroatoms. The summed E-state index contributed by atoms with van der Waals surface area (Å²) in [5.74, 6) is 0. The molecule has 2 heterocycles. The lowest BCUT2D eigenvalue weighted by molar-refractivity contribution is -0.137. The first kappa shape index (κ1) is 12.5.